The molecule has 0 fully saturated rings. The Labute approximate surface area is 148 Å². The minimum Gasteiger partial charge on any atom is -0.493 e. The third kappa shape index (κ3) is 3.61. The van der Waals surface area contributed by atoms with E-state index in [4.69, 9.17) is 9.47 Å². The van der Waals surface area contributed by atoms with Crippen molar-refractivity contribution < 1.29 is 23.5 Å². The molecule has 0 spiro atoms. The molecule has 1 aromatic heterocycles. The van der Waals surface area contributed by atoms with Gasteiger partial charge in [0.15, 0.2) is 12.4 Å². The molecule has 3 aromatic rings. The molecular formula is C19H15FN2O4. The predicted octanol–water partition coefficient (Wildman–Crippen LogP) is 3.06. The van der Waals surface area contributed by atoms with E-state index in [-0.39, 0.29) is 17.0 Å². The van der Waals surface area contributed by atoms with E-state index >= 15 is 0 Å². The minimum absolute atomic E-state index is 0.0716. The zero-order valence-corrected chi connectivity index (χ0v) is 13.9. The number of carbonyl (C=O) groups is 2. The van der Waals surface area contributed by atoms with Gasteiger partial charge in [-0.2, -0.15) is 5.10 Å². The van der Waals surface area contributed by atoms with Crippen molar-refractivity contribution in [1.82, 2.24) is 9.78 Å². The van der Waals surface area contributed by atoms with Crippen LogP contribution in [0, 0.1) is 5.82 Å². The Hall–Kier alpha value is -3.48. The number of ketones is 1. The largest absolute Gasteiger partial charge is 0.493 e. The summed E-state index contributed by atoms with van der Waals surface area (Å²) in [5.41, 5.74) is 0.520. The molecule has 0 radical (unpaired) electrons. The van der Waals surface area contributed by atoms with Crippen LogP contribution < -0.4 is 4.74 Å². The molecule has 0 saturated heterocycles. The van der Waals surface area contributed by atoms with E-state index in [9.17, 15) is 14.0 Å². The Morgan fingerprint density at radius 3 is 2.46 bits per heavy atom. The van der Waals surface area contributed by atoms with Crippen LogP contribution >= 0.6 is 0 Å². The number of carbonyl (C=O) groups excluding carboxylic acids is 2. The van der Waals surface area contributed by atoms with Gasteiger partial charge >= 0.3 is 5.97 Å². The molecule has 26 heavy (non-hydrogen) atoms. The predicted molar refractivity (Wildman–Crippen MR) is 91.1 cm³/mol. The quantitative estimate of drug-likeness (QED) is 0.503. The van der Waals surface area contributed by atoms with E-state index in [1.165, 1.54) is 42.3 Å². The molecule has 0 N–H and O–H groups in total. The van der Waals surface area contributed by atoms with Gasteiger partial charge in [-0.3, -0.25) is 4.79 Å². The summed E-state index contributed by atoms with van der Waals surface area (Å²) in [6.07, 6.45) is 1.53. The number of aromatic nitrogens is 2. The van der Waals surface area contributed by atoms with Gasteiger partial charge in [-0.25, -0.2) is 13.9 Å². The van der Waals surface area contributed by atoms with Gasteiger partial charge in [0.25, 0.3) is 0 Å². The van der Waals surface area contributed by atoms with Gasteiger partial charge < -0.3 is 9.47 Å². The van der Waals surface area contributed by atoms with Crippen LogP contribution in [0.4, 0.5) is 4.39 Å². The standard InChI is InChI=1S/C19H15FN2O4/c1-25-17-11-22(13-7-3-2-4-8-13)21-18(17)19(24)26-12-16(23)14-9-5-6-10-15(14)20/h2-11H,12H2,1H3. The lowest BCUT2D eigenvalue weighted by molar-refractivity contribution is 0.0464. The molecule has 132 valence electrons. The van der Waals surface area contributed by atoms with Crippen molar-refractivity contribution in [1.29, 1.82) is 0 Å². The van der Waals surface area contributed by atoms with Crippen LogP contribution in [-0.2, 0) is 4.74 Å². The SMILES string of the molecule is COc1cn(-c2ccccc2)nc1C(=O)OCC(=O)c1ccccc1F. The Morgan fingerprint density at radius 1 is 1.08 bits per heavy atom. The van der Waals surface area contributed by atoms with Gasteiger partial charge in [-0.1, -0.05) is 30.3 Å². The molecule has 0 saturated carbocycles. The smallest absolute Gasteiger partial charge is 0.363 e. The number of halogens is 1. The number of hydrogen-bond acceptors (Lipinski definition) is 5. The summed E-state index contributed by atoms with van der Waals surface area (Å²) in [7, 11) is 1.40. The molecule has 0 aliphatic rings. The minimum atomic E-state index is -0.832. The van der Waals surface area contributed by atoms with E-state index in [0.29, 0.717) is 0 Å². The third-order valence-electron chi connectivity index (χ3n) is 3.62. The fraction of sp³-hybridized carbons (Fsp3) is 0.105. The van der Waals surface area contributed by atoms with Crippen LogP contribution in [0.5, 0.6) is 5.75 Å². The van der Waals surface area contributed by atoms with Crippen LogP contribution in [0.1, 0.15) is 20.8 Å². The van der Waals surface area contributed by atoms with Crippen LogP contribution in [-0.4, -0.2) is 35.2 Å². The first kappa shape index (κ1) is 17.3. The van der Waals surface area contributed by atoms with Crippen molar-refractivity contribution in [3.05, 3.63) is 77.9 Å². The number of nitrogens with zero attached hydrogens (tertiary/aromatic N) is 2. The molecule has 0 aliphatic heterocycles. The molecule has 3 rings (SSSR count). The van der Waals surface area contributed by atoms with E-state index in [2.05, 4.69) is 5.10 Å². The molecule has 0 aliphatic carbocycles. The Balaban J connectivity index is 1.75. The number of hydrogen-bond donors (Lipinski definition) is 0. The molecule has 6 nitrogen and oxygen atoms in total. The summed E-state index contributed by atoms with van der Waals surface area (Å²) < 4.78 is 25.2. The lowest BCUT2D eigenvalue weighted by atomic mass is 10.1. The number of esters is 1. The van der Waals surface area contributed by atoms with Crippen LogP contribution in [0.25, 0.3) is 5.69 Å². The van der Waals surface area contributed by atoms with Gasteiger partial charge in [-0.05, 0) is 24.3 Å². The van der Waals surface area contributed by atoms with Gasteiger partial charge in [0, 0.05) is 0 Å². The van der Waals surface area contributed by atoms with Crippen molar-refractivity contribution in [3.8, 4) is 11.4 Å². The maximum absolute atomic E-state index is 13.6. The number of rotatable bonds is 6. The first-order valence-electron chi connectivity index (χ1n) is 7.74. The molecule has 0 unspecified atom stereocenters. The Kier molecular flexibility index (Phi) is 5.07. The number of benzene rings is 2. The number of ether oxygens (including phenoxy) is 2. The van der Waals surface area contributed by atoms with Crippen LogP contribution in [0.3, 0.4) is 0 Å². The normalized spacial score (nSPS) is 10.4. The van der Waals surface area contributed by atoms with Gasteiger partial charge in [-0.15, -0.1) is 0 Å². The molecule has 0 atom stereocenters. The van der Waals surface area contributed by atoms with Crippen molar-refractivity contribution in [3.63, 3.8) is 0 Å². The van der Waals surface area contributed by atoms with E-state index in [1.54, 1.807) is 0 Å². The average Bonchev–Trinajstić information content (AvgIpc) is 3.11. The van der Waals surface area contributed by atoms with Crippen molar-refractivity contribution in [2.45, 2.75) is 0 Å². The van der Waals surface area contributed by atoms with Crippen LogP contribution in [0.2, 0.25) is 0 Å². The second-order valence-corrected chi connectivity index (χ2v) is 5.31. The Morgan fingerprint density at radius 2 is 1.77 bits per heavy atom. The number of Topliss-reactive ketones (excluding diaryl/α,β-unsaturated/α-hetero) is 1. The fourth-order valence-electron chi connectivity index (χ4n) is 2.33. The van der Waals surface area contributed by atoms with E-state index < -0.39 is 24.2 Å². The molecule has 2 aromatic carbocycles. The molecule has 0 bridgehead atoms. The third-order valence-corrected chi connectivity index (χ3v) is 3.62. The Bertz CT molecular complexity index is 938. The highest BCUT2D eigenvalue weighted by Crippen LogP contribution is 2.20. The van der Waals surface area contributed by atoms with Crippen molar-refractivity contribution >= 4 is 11.8 Å². The maximum Gasteiger partial charge on any atom is 0.363 e. The first-order valence-corrected chi connectivity index (χ1v) is 7.74. The first-order chi connectivity index (χ1) is 12.6. The highest BCUT2D eigenvalue weighted by molar-refractivity contribution is 5.99. The summed E-state index contributed by atoms with van der Waals surface area (Å²) in [6, 6.07) is 14.6. The van der Waals surface area contributed by atoms with Gasteiger partial charge in [0.05, 0.1) is 24.6 Å². The number of para-hydroxylation sites is 1. The summed E-state index contributed by atoms with van der Waals surface area (Å²) in [6.45, 7) is -0.596. The molecule has 7 heteroatoms. The summed E-state index contributed by atoms with van der Waals surface area (Å²) in [4.78, 5) is 24.3. The maximum atomic E-state index is 13.6. The monoisotopic (exact) mass is 354 g/mol. The van der Waals surface area contributed by atoms with E-state index in [1.807, 2.05) is 30.3 Å². The highest BCUT2D eigenvalue weighted by Gasteiger charge is 2.21. The summed E-state index contributed by atoms with van der Waals surface area (Å²) in [5, 5.41) is 4.15. The zero-order chi connectivity index (χ0) is 18.5. The fourth-order valence-corrected chi connectivity index (χ4v) is 2.33. The van der Waals surface area contributed by atoms with Gasteiger partial charge in [0.2, 0.25) is 11.5 Å². The average molecular weight is 354 g/mol. The highest BCUT2D eigenvalue weighted by atomic mass is 19.1. The zero-order valence-electron chi connectivity index (χ0n) is 13.9. The molecular weight excluding hydrogens is 339 g/mol. The molecule has 0 amide bonds. The second-order valence-electron chi connectivity index (χ2n) is 5.31. The molecule has 1 heterocycles. The lowest BCUT2D eigenvalue weighted by Crippen LogP contribution is -2.16. The number of methoxy groups -OCH3 is 1. The van der Waals surface area contributed by atoms with Crippen LogP contribution in [0.15, 0.2) is 60.8 Å². The summed E-state index contributed by atoms with van der Waals surface area (Å²) >= 11 is 0. The topological polar surface area (TPSA) is 70.4 Å². The van der Waals surface area contributed by atoms with Crippen molar-refractivity contribution in [2.24, 2.45) is 0 Å². The second kappa shape index (κ2) is 7.60. The van der Waals surface area contributed by atoms with E-state index in [0.717, 1.165) is 5.69 Å². The lowest BCUT2D eigenvalue weighted by Gasteiger charge is -2.04. The van der Waals surface area contributed by atoms with Crippen molar-refractivity contribution in [2.75, 3.05) is 13.7 Å². The van der Waals surface area contributed by atoms with Gasteiger partial charge in [0.1, 0.15) is 5.82 Å². The summed E-state index contributed by atoms with van der Waals surface area (Å²) in [5.74, 6) is -1.93.